The Balaban J connectivity index is 1.42. The molecule has 3 aromatic rings. The summed E-state index contributed by atoms with van der Waals surface area (Å²) >= 11 is 1.19. The quantitative estimate of drug-likeness (QED) is 0.550. The Bertz CT molecular complexity index is 1140. The summed E-state index contributed by atoms with van der Waals surface area (Å²) in [5.74, 6) is -0.834. The number of nitrogens with zero attached hydrogens (tertiary/aromatic N) is 4. The molecule has 0 spiro atoms. The van der Waals surface area contributed by atoms with Crippen molar-refractivity contribution >= 4 is 38.5 Å². The van der Waals surface area contributed by atoms with Crippen LogP contribution in [0.4, 0.5) is 24.5 Å². The Morgan fingerprint density at radius 3 is 2.75 bits per heavy atom. The number of amides is 2. The molecule has 4 rings (SSSR count). The van der Waals surface area contributed by atoms with E-state index in [4.69, 9.17) is 0 Å². The smallest absolute Gasteiger partial charge is 0.323 e. The van der Waals surface area contributed by atoms with Gasteiger partial charge < -0.3 is 20.0 Å². The van der Waals surface area contributed by atoms with Gasteiger partial charge in [-0.1, -0.05) is 11.3 Å². The second-order valence-corrected chi connectivity index (χ2v) is 8.84. The number of pyridine rings is 1. The van der Waals surface area contributed by atoms with Crippen LogP contribution in [0.2, 0.25) is 0 Å². The molecule has 1 saturated heterocycles. The highest BCUT2D eigenvalue weighted by molar-refractivity contribution is 7.22. The van der Waals surface area contributed by atoms with Crippen LogP contribution in [0.1, 0.15) is 25.5 Å². The van der Waals surface area contributed by atoms with Crippen LogP contribution in [0.5, 0.6) is 0 Å². The molecule has 1 aromatic carbocycles. The Kier molecular flexibility index (Phi) is 6.22. The molecule has 170 valence electrons. The zero-order valence-electron chi connectivity index (χ0n) is 17.5. The van der Waals surface area contributed by atoms with Crippen molar-refractivity contribution in [3.8, 4) is 0 Å². The highest BCUT2D eigenvalue weighted by Crippen LogP contribution is 2.28. The lowest BCUT2D eigenvalue weighted by molar-refractivity contribution is 0.0301. The third-order valence-electron chi connectivity index (χ3n) is 5.39. The Morgan fingerprint density at radius 1 is 1.28 bits per heavy atom. The number of halogens is 2. The maximum absolute atomic E-state index is 14.7. The van der Waals surface area contributed by atoms with Crippen LogP contribution in [0, 0.1) is 11.6 Å². The molecule has 0 radical (unpaired) electrons. The summed E-state index contributed by atoms with van der Waals surface area (Å²) in [6.07, 6.45) is -0.919. The zero-order valence-corrected chi connectivity index (χ0v) is 18.3. The van der Waals surface area contributed by atoms with Gasteiger partial charge in [0.15, 0.2) is 16.8 Å². The van der Waals surface area contributed by atoms with E-state index in [1.54, 1.807) is 15.9 Å². The van der Waals surface area contributed by atoms with Crippen LogP contribution in [0.25, 0.3) is 10.2 Å². The van der Waals surface area contributed by atoms with Gasteiger partial charge in [0.1, 0.15) is 11.9 Å². The third-order valence-corrected chi connectivity index (χ3v) is 6.33. The fourth-order valence-corrected chi connectivity index (χ4v) is 4.56. The van der Waals surface area contributed by atoms with Gasteiger partial charge in [-0.05, 0) is 38.1 Å². The van der Waals surface area contributed by atoms with Crippen molar-refractivity contribution in [1.82, 2.24) is 14.9 Å². The average Bonchev–Trinajstić information content (AvgIpc) is 3.14. The van der Waals surface area contributed by atoms with E-state index in [1.165, 1.54) is 42.7 Å². The number of piperazine rings is 1. The standard InChI is InChI=1S/C21H23F2N5O3S/c1-11-10-27(21(31)26-20-25-16-4-3-14(22)8-17(16)32-20)5-6-28(11)19-15(23)7-13(9-24-19)18(30)12(2)29/h3-4,7-9,11-12,18,29-30H,5-6,10H2,1-2H3,(H,25,26,31)/t11-,12+,18-/m1/s1. The number of thiazole rings is 1. The summed E-state index contributed by atoms with van der Waals surface area (Å²) in [6, 6.07) is 4.87. The van der Waals surface area contributed by atoms with E-state index in [1.807, 2.05) is 6.92 Å². The van der Waals surface area contributed by atoms with Gasteiger partial charge in [-0.2, -0.15) is 0 Å². The number of aliphatic hydroxyl groups excluding tert-OH is 2. The van der Waals surface area contributed by atoms with Crippen LogP contribution < -0.4 is 10.2 Å². The van der Waals surface area contributed by atoms with Crippen molar-refractivity contribution in [1.29, 1.82) is 0 Å². The van der Waals surface area contributed by atoms with E-state index in [-0.39, 0.29) is 29.3 Å². The number of anilines is 2. The molecule has 1 aliphatic rings. The number of hydrogen-bond acceptors (Lipinski definition) is 7. The summed E-state index contributed by atoms with van der Waals surface area (Å²) in [7, 11) is 0. The topological polar surface area (TPSA) is 102 Å². The first kappa shape index (κ1) is 22.3. The number of benzene rings is 1. The van der Waals surface area contributed by atoms with Crippen molar-refractivity contribution < 1.29 is 23.8 Å². The number of fused-ring (bicyclic) bond motifs is 1. The highest BCUT2D eigenvalue weighted by atomic mass is 32.1. The van der Waals surface area contributed by atoms with E-state index < -0.39 is 18.0 Å². The molecule has 3 N–H and O–H groups in total. The highest BCUT2D eigenvalue weighted by Gasteiger charge is 2.30. The molecule has 0 bridgehead atoms. The van der Waals surface area contributed by atoms with Gasteiger partial charge in [-0.25, -0.2) is 23.5 Å². The summed E-state index contributed by atoms with van der Waals surface area (Å²) in [5, 5.41) is 22.5. The predicted molar refractivity (Wildman–Crippen MR) is 118 cm³/mol. The monoisotopic (exact) mass is 463 g/mol. The molecule has 32 heavy (non-hydrogen) atoms. The average molecular weight is 464 g/mol. The largest absolute Gasteiger partial charge is 0.390 e. The fraction of sp³-hybridized carbons (Fsp3) is 0.381. The molecule has 1 aliphatic heterocycles. The van der Waals surface area contributed by atoms with E-state index >= 15 is 0 Å². The van der Waals surface area contributed by atoms with Gasteiger partial charge in [0.2, 0.25) is 0 Å². The number of carbonyl (C=O) groups is 1. The van der Waals surface area contributed by atoms with Crippen LogP contribution >= 0.6 is 11.3 Å². The van der Waals surface area contributed by atoms with Gasteiger partial charge in [-0.3, -0.25) is 5.32 Å². The molecule has 0 unspecified atom stereocenters. The lowest BCUT2D eigenvalue weighted by Crippen LogP contribution is -2.55. The van der Waals surface area contributed by atoms with Crippen molar-refractivity contribution in [2.24, 2.45) is 0 Å². The van der Waals surface area contributed by atoms with E-state index in [2.05, 4.69) is 15.3 Å². The van der Waals surface area contributed by atoms with Crippen molar-refractivity contribution in [2.45, 2.75) is 32.1 Å². The molecule has 8 nitrogen and oxygen atoms in total. The van der Waals surface area contributed by atoms with Crippen LogP contribution in [0.3, 0.4) is 0 Å². The molecule has 3 atom stereocenters. The van der Waals surface area contributed by atoms with Gasteiger partial charge >= 0.3 is 6.03 Å². The van der Waals surface area contributed by atoms with Crippen molar-refractivity contribution in [3.05, 3.63) is 47.7 Å². The number of nitrogens with one attached hydrogen (secondary N) is 1. The minimum atomic E-state index is -1.22. The predicted octanol–water partition coefficient (Wildman–Crippen LogP) is 3.13. The minimum Gasteiger partial charge on any atom is -0.390 e. The summed E-state index contributed by atoms with van der Waals surface area (Å²) < 4.78 is 28.7. The first-order valence-electron chi connectivity index (χ1n) is 10.1. The van der Waals surface area contributed by atoms with Gasteiger partial charge in [0.25, 0.3) is 0 Å². The Hall–Kier alpha value is -2.89. The molecule has 3 heterocycles. The molecule has 0 aliphatic carbocycles. The van der Waals surface area contributed by atoms with Crippen LogP contribution in [0.15, 0.2) is 30.5 Å². The number of aliphatic hydroxyl groups is 2. The maximum Gasteiger partial charge on any atom is 0.323 e. The molecule has 11 heteroatoms. The Labute approximate surface area is 187 Å². The number of hydrogen-bond donors (Lipinski definition) is 3. The summed E-state index contributed by atoms with van der Waals surface area (Å²) in [4.78, 5) is 24.5. The zero-order chi connectivity index (χ0) is 23.0. The van der Waals surface area contributed by atoms with Crippen molar-refractivity contribution in [2.75, 3.05) is 29.9 Å². The van der Waals surface area contributed by atoms with Crippen LogP contribution in [-0.4, -0.2) is 62.9 Å². The first-order chi connectivity index (χ1) is 15.2. The number of urea groups is 1. The Morgan fingerprint density at radius 2 is 2.06 bits per heavy atom. The summed E-state index contributed by atoms with van der Waals surface area (Å²) in [6.45, 7) is 4.32. The second kappa shape index (κ2) is 8.93. The number of rotatable bonds is 4. The maximum atomic E-state index is 14.7. The van der Waals surface area contributed by atoms with Gasteiger partial charge in [-0.15, -0.1) is 0 Å². The van der Waals surface area contributed by atoms with Gasteiger partial charge in [0, 0.05) is 37.4 Å². The number of carbonyl (C=O) groups excluding carboxylic acids is 1. The summed E-state index contributed by atoms with van der Waals surface area (Å²) in [5.41, 5.74) is 0.804. The molecule has 1 fully saturated rings. The van der Waals surface area contributed by atoms with Crippen molar-refractivity contribution in [3.63, 3.8) is 0 Å². The molecule has 2 aromatic heterocycles. The lowest BCUT2D eigenvalue weighted by Gasteiger charge is -2.40. The SMILES string of the molecule is C[C@H](O)[C@@H](O)c1cnc(N2CCN(C(=O)Nc3nc4ccc(F)cc4s3)C[C@H]2C)c(F)c1. The van der Waals surface area contributed by atoms with E-state index in [0.29, 0.717) is 35.0 Å². The molecule has 0 saturated carbocycles. The molecular formula is C21H23F2N5O3S. The third kappa shape index (κ3) is 4.50. The fourth-order valence-electron chi connectivity index (χ4n) is 3.68. The number of aromatic nitrogens is 2. The lowest BCUT2D eigenvalue weighted by atomic mass is 10.1. The normalized spacial score (nSPS) is 18.6. The van der Waals surface area contributed by atoms with Crippen LogP contribution in [-0.2, 0) is 0 Å². The van der Waals surface area contributed by atoms with Gasteiger partial charge in [0.05, 0.1) is 16.3 Å². The molecular weight excluding hydrogens is 440 g/mol. The molecule has 2 amide bonds. The second-order valence-electron chi connectivity index (χ2n) is 7.81. The van der Waals surface area contributed by atoms with E-state index in [0.717, 1.165) is 0 Å². The first-order valence-corrected chi connectivity index (χ1v) is 10.9. The van der Waals surface area contributed by atoms with E-state index in [9.17, 15) is 23.8 Å². The minimum absolute atomic E-state index is 0.132.